The number of rotatable bonds is 2. The third kappa shape index (κ3) is 3.26. The molecule has 0 saturated carbocycles. The van der Waals surface area contributed by atoms with Crippen molar-refractivity contribution in [3.63, 3.8) is 0 Å². The van der Waals surface area contributed by atoms with Crippen LogP contribution in [-0.2, 0) is 11.2 Å². The second-order valence-corrected chi connectivity index (χ2v) is 6.34. The van der Waals surface area contributed by atoms with Gasteiger partial charge in [0.2, 0.25) is 5.91 Å². The van der Waals surface area contributed by atoms with Crippen molar-refractivity contribution in [1.29, 1.82) is 0 Å². The minimum Gasteiger partial charge on any atom is -0.337 e. The highest BCUT2D eigenvalue weighted by Gasteiger charge is 2.18. The van der Waals surface area contributed by atoms with Crippen LogP contribution in [0.3, 0.4) is 0 Å². The lowest BCUT2D eigenvalue weighted by molar-refractivity contribution is -0.127. The van der Waals surface area contributed by atoms with E-state index in [4.69, 9.17) is 11.6 Å². The number of nitrogens with zero attached hydrogens (tertiary/aromatic N) is 2. The van der Waals surface area contributed by atoms with Gasteiger partial charge in [-0.05, 0) is 36.6 Å². The van der Waals surface area contributed by atoms with Gasteiger partial charge < -0.3 is 9.80 Å². The Balaban J connectivity index is 1.71. The molecule has 0 atom stereocenters. The largest absolute Gasteiger partial charge is 0.337 e. The van der Waals surface area contributed by atoms with Crippen LogP contribution in [0.4, 0.5) is 0 Å². The lowest BCUT2D eigenvalue weighted by Crippen LogP contribution is -2.46. The summed E-state index contributed by atoms with van der Waals surface area (Å²) in [5, 5.41) is 0.782. The zero-order chi connectivity index (χ0) is 15.5. The highest BCUT2D eigenvalue weighted by atomic mass is 35.5. The number of carbonyl (C=O) groups excluding carboxylic acids is 1. The molecule has 0 radical (unpaired) electrons. The van der Waals surface area contributed by atoms with Crippen molar-refractivity contribution in [2.75, 3.05) is 33.2 Å². The number of carbonyl (C=O) groups is 1. The van der Waals surface area contributed by atoms with E-state index >= 15 is 0 Å². The maximum Gasteiger partial charge on any atom is 0.246 e. The van der Waals surface area contributed by atoms with Gasteiger partial charge in [0.15, 0.2) is 0 Å². The van der Waals surface area contributed by atoms with E-state index in [-0.39, 0.29) is 5.91 Å². The van der Waals surface area contributed by atoms with Crippen molar-refractivity contribution < 1.29 is 4.79 Å². The van der Waals surface area contributed by atoms with Gasteiger partial charge >= 0.3 is 0 Å². The number of hydrogen-bond donors (Lipinski definition) is 0. The highest BCUT2D eigenvalue weighted by molar-refractivity contribution is 6.49. The summed E-state index contributed by atoms with van der Waals surface area (Å²) in [4.78, 5) is 16.4. The summed E-state index contributed by atoms with van der Waals surface area (Å²) in [6, 6.07) is 8.21. The van der Waals surface area contributed by atoms with E-state index < -0.39 is 0 Å². The molecule has 3 nitrogen and oxygen atoms in total. The first-order valence-corrected chi connectivity index (χ1v) is 8.15. The third-order valence-corrected chi connectivity index (χ3v) is 4.89. The molecule has 1 aliphatic carbocycles. The Bertz CT molecular complexity index is 628. The Hall–Kier alpha value is -1.58. The lowest BCUT2D eigenvalue weighted by Gasteiger charge is -2.31. The van der Waals surface area contributed by atoms with Crippen molar-refractivity contribution in [3.05, 3.63) is 53.1 Å². The summed E-state index contributed by atoms with van der Waals surface area (Å²) in [5.41, 5.74) is 3.44. The molecule has 1 fully saturated rings. The fraction of sp³-hybridized carbons (Fsp3) is 0.389. The van der Waals surface area contributed by atoms with Crippen molar-refractivity contribution >= 4 is 22.5 Å². The van der Waals surface area contributed by atoms with Crippen LogP contribution in [0.25, 0.3) is 5.03 Å². The summed E-state index contributed by atoms with van der Waals surface area (Å²) < 4.78 is 0. The number of fused-ring (bicyclic) bond motifs is 1. The van der Waals surface area contributed by atoms with E-state index in [1.165, 1.54) is 5.56 Å². The molecule has 116 valence electrons. The maximum atomic E-state index is 12.3. The molecular formula is C18H21ClN2O. The van der Waals surface area contributed by atoms with Gasteiger partial charge in [0.05, 0.1) is 5.03 Å². The molecule has 1 heterocycles. The van der Waals surface area contributed by atoms with Gasteiger partial charge in [-0.3, -0.25) is 4.79 Å². The van der Waals surface area contributed by atoms with Gasteiger partial charge in [0.25, 0.3) is 0 Å². The Morgan fingerprint density at radius 1 is 1.14 bits per heavy atom. The average Bonchev–Trinajstić information content (AvgIpc) is 2.55. The lowest BCUT2D eigenvalue weighted by atomic mass is 9.92. The molecule has 1 aromatic rings. The maximum absolute atomic E-state index is 12.3. The zero-order valence-corrected chi connectivity index (χ0v) is 13.6. The fourth-order valence-electron chi connectivity index (χ4n) is 2.97. The van der Waals surface area contributed by atoms with E-state index in [9.17, 15) is 4.79 Å². The average molecular weight is 317 g/mol. The standard InChI is InChI=1S/C18H21ClN2O/c1-20-10-12-21(13-11-20)17(22)9-8-15-7-6-14-4-2-3-5-16(14)18(15)19/h2-5,8-9H,6-7,10-13H2,1H3/b9-8+. The molecule has 1 aliphatic heterocycles. The summed E-state index contributed by atoms with van der Waals surface area (Å²) in [6.07, 6.45) is 5.45. The minimum atomic E-state index is 0.0870. The SMILES string of the molecule is CN1CCN(C(=O)/C=C/C2=C(Cl)c3ccccc3CC2)CC1. The van der Waals surface area contributed by atoms with Crippen LogP contribution < -0.4 is 0 Å². The van der Waals surface area contributed by atoms with E-state index in [1.54, 1.807) is 6.08 Å². The summed E-state index contributed by atoms with van der Waals surface area (Å²) in [6.45, 7) is 3.48. The van der Waals surface area contributed by atoms with Crippen molar-refractivity contribution in [2.24, 2.45) is 0 Å². The van der Waals surface area contributed by atoms with Crippen molar-refractivity contribution in [1.82, 2.24) is 9.80 Å². The predicted octanol–water partition coefficient (Wildman–Crippen LogP) is 2.91. The molecular weight excluding hydrogens is 296 g/mol. The molecule has 1 aromatic carbocycles. The smallest absolute Gasteiger partial charge is 0.246 e. The zero-order valence-electron chi connectivity index (χ0n) is 12.9. The number of halogens is 1. The molecule has 0 bridgehead atoms. The molecule has 0 spiro atoms. The van der Waals surface area contributed by atoms with Crippen LogP contribution in [0.2, 0.25) is 0 Å². The van der Waals surface area contributed by atoms with Gasteiger partial charge in [-0.1, -0.05) is 41.9 Å². The van der Waals surface area contributed by atoms with Gasteiger partial charge in [-0.15, -0.1) is 0 Å². The Labute approximate surface area is 136 Å². The van der Waals surface area contributed by atoms with Crippen LogP contribution in [0, 0.1) is 0 Å². The Morgan fingerprint density at radius 2 is 1.86 bits per heavy atom. The molecule has 4 heteroatoms. The van der Waals surface area contributed by atoms with Gasteiger partial charge in [-0.25, -0.2) is 0 Å². The Morgan fingerprint density at radius 3 is 2.64 bits per heavy atom. The second-order valence-electron chi connectivity index (χ2n) is 5.96. The van der Waals surface area contributed by atoms with Crippen molar-refractivity contribution in [2.45, 2.75) is 12.8 Å². The normalized spacial score (nSPS) is 19.6. The first-order valence-electron chi connectivity index (χ1n) is 7.77. The van der Waals surface area contributed by atoms with E-state index in [0.717, 1.165) is 55.2 Å². The molecule has 0 N–H and O–H groups in total. The number of benzene rings is 1. The van der Waals surface area contributed by atoms with Crippen LogP contribution in [0.1, 0.15) is 17.5 Å². The number of amides is 1. The predicted molar refractivity (Wildman–Crippen MR) is 90.8 cm³/mol. The topological polar surface area (TPSA) is 23.6 Å². The van der Waals surface area contributed by atoms with Gasteiger partial charge in [-0.2, -0.15) is 0 Å². The van der Waals surface area contributed by atoms with Crippen LogP contribution in [0.5, 0.6) is 0 Å². The number of piperazine rings is 1. The highest BCUT2D eigenvalue weighted by Crippen LogP contribution is 2.34. The molecule has 2 aliphatic rings. The molecule has 3 rings (SSSR count). The first-order chi connectivity index (χ1) is 10.6. The molecule has 1 amide bonds. The second kappa shape index (κ2) is 6.67. The fourth-order valence-corrected chi connectivity index (χ4v) is 3.31. The first kappa shape index (κ1) is 15.3. The number of hydrogen-bond acceptors (Lipinski definition) is 2. The van der Waals surface area contributed by atoms with Crippen molar-refractivity contribution in [3.8, 4) is 0 Å². The third-order valence-electron chi connectivity index (χ3n) is 4.44. The molecule has 1 saturated heterocycles. The van der Waals surface area contributed by atoms with E-state index in [1.807, 2.05) is 29.2 Å². The van der Waals surface area contributed by atoms with Crippen LogP contribution in [-0.4, -0.2) is 48.9 Å². The monoisotopic (exact) mass is 316 g/mol. The quantitative estimate of drug-likeness (QED) is 0.783. The van der Waals surface area contributed by atoms with Gasteiger partial charge in [0, 0.05) is 32.3 Å². The minimum absolute atomic E-state index is 0.0870. The molecule has 22 heavy (non-hydrogen) atoms. The van der Waals surface area contributed by atoms with Gasteiger partial charge in [0.1, 0.15) is 0 Å². The Kier molecular flexibility index (Phi) is 4.65. The van der Waals surface area contributed by atoms with E-state index in [2.05, 4.69) is 18.0 Å². The number of likely N-dealkylation sites (N-methyl/N-ethyl adjacent to an activating group) is 1. The summed E-state index contributed by atoms with van der Waals surface area (Å²) >= 11 is 6.50. The van der Waals surface area contributed by atoms with Crippen LogP contribution >= 0.6 is 11.6 Å². The molecule has 0 unspecified atom stereocenters. The summed E-state index contributed by atoms with van der Waals surface area (Å²) in [5.74, 6) is 0.0870. The molecule has 0 aromatic heterocycles. The number of allylic oxidation sites excluding steroid dienone is 2. The number of aryl methyl sites for hydroxylation is 1. The van der Waals surface area contributed by atoms with Crippen LogP contribution in [0.15, 0.2) is 42.0 Å². The van der Waals surface area contributed by atoms with E-state index in [0.29, 0.717) is 0 Å². The summed E-state index contributed by atoms with van der Waals surface area (Å²) in [7, 11) is 2.09.